The molecule has 3 aliphatic rings. The van der Waals surface area contributed by atoms with Crippen molar-refractivity contribution in [3.05, 3.63) is 24.3 Å². The number of rotatable bonds is 7. The van der Waals surface area contributed by atoms with Crippen LogP contribution in [0.1, 0.15) is 107 Å². The first kappa shape index (κ1) is 38.7. The zero-order valence-electron chi connectivity index (χ0n) is 25.3. The molecule has 227 valence electrons. The smallest absolute Gasteiger partial charge is 0.418 e. The zero-order chi connectivity index (χ0) is 28.2. The number of hydrogen-bond donors (Lipinski definition) is 0. The van der Waals surface area contributed by atoms with Gasteiger partial charge in [0, 0.05) is 19.5 Å². The van der Waals surface area contributed by atoms with E-state index in [1.165, 1.54) is 51.4 Å². The van der Waals surface area contributed by atoms with Gasteiger partial charge in [-0.2, -0.15) is 0 Å². The molecule has 2 heterocycles. The van der Waals surface area contributed by atoms with E-state index in [-0.39, 0.29) is 35.3 Å². The fourth-order valence-electron chi connectivity index (χ4n) is 6.45. The van der Waals surface area contributed by atoms with Gasteiger partial charge in [0.25, 0.3) is 0 Å². The molecule has 2 aliphatic heterocycles. The maximum absolute atomic E-state index is 9.75. The molecule has 0 saturated carbocycles. The van der Waals surface area contributed by atoms with Crippen molar-refractivity contribution in [2.24, 2.45) is 23.7 Å². The van der Waals surface area contributed by atoms with Gasteiger partial charge in [0.1, 0.15) is 0 Å². The van der Waals surface area contributed by atoms with Crippen LogP contribution in [0.5, 0.6) is 0 Å². The van der Waals surface area contributed by atoms with Crippen LogP contribution < -0.4 is 0 Å². The molecule has 0 bridgehead atoms. The molecule has 0 N–H and O–H groups in total. The predicted molar refractivity (Wildman–Crippen MR) is 163 cm³/mol. The maximum Gasteiger partial charge on any atom is 0.673 e. The van der Waals surface area contributed by atoms with E-state index in [2.05, 4.69) is 79.7 Å². The molecular formula is C30H56BF4P2Rh-. The molecular weight excluding hydrogens is 612 g/mol. The summed E-state index contributed by atoms with van der Waals surface area (Å²) in [6.07, 6.45) is 23.4. The molecule has 3 rings (SSSR count). The van der Waals surface area contributed by atoms with E-state index in [1.807, 2.05) is 0 Å². The first-order valence-corrected chi connectivity index (χ1v) is 18.3. The van der Waals surface area contributed by atoms with Gasteiger partial charge in [0.05, 0.1) is 0 Å². The Kier molecular flexibility index (Phi) is 20.2. The summed E-state index contributed by atoms with van der Waals surface area (Å²) in [5.41, 5.74) is 4.28. The molecule has 0 nitrogen and oxygen atoms in total. The third-order valence-electron chi connectivity index (χ3n) is 8.25. The minimum atomic E-state index is -6.00. The van der Waals surface area contributed by atoms with Gasteiger partial charge in [0.2, 0.25) is 0 Å². The Hall–Kier alpha value is 0.748. The van der Waals surface area contributed by atoms with Crippen molar-refractivity contribution in [1.82, 2.24) is 0 Å². The Bertz CT molecular complexity index is 567. The number of halogens is 4. The van der Waals surface area contributed by atoms with Crippen LogP contribution in [0.25, 0.3) is 0 Å². The van der Waals surface area contributed by atoms with Crippen LogP contribution in [-0.2, 0) is 19.5 Å². The molecule has 2 saturated heterocycles. The second-order valence-corrected chi connectivity index (χ2v) is 18.1. The third-order valence-corrected chi connectivity index (χ3v) is 16.9. The Labute approximate surface area is 248 Å². The van der Waals surface area contributed by atoms with Gasteiger partial charge in [0.15, 0.2) is 0 Å². The summed E-state index contributed by atoms with van der Waals surface area (Å²) in [5.74, 6) is 3.66. The first-order chi connectivity index (χ1) is 17.2. The monoisotopic (exact) mass is 668 g/mol. The van der Waals surface area contributed by atoms with Crippen molar-refractivity contribution in [3.8, 4) is 0 Å². The fraction of sp³-hybridized carbons (Fsp3) is 0.867. The van der Waals surface area contributed by atoms with Gasteiger partial charge < -0.3 is 17.3 Å². The van der Waals surface area contributed by atoms with Gasteiger partial charge in [-0.1, -0.05) is 95.5 Å². The molecule has 0 spiro atoms. The average molecular weight is 668 g/mol. The topological polar surface area (TPSA) is 0 Å². The maximum atomic E-state index is 9.75. The Morgan fingerprint density at radius 2 is 0.711 bits per heavy atom. The van der Waals surface area contributed by atoms with Gasteiger partial charge in [-0.3, -0.25) is 0 Å². The Balaban J connectivity index is 0.000000804. The van der Waals surface area contributed by atoms with Crippen molar-refractivity contribution < 1.29 is 36.7 Å². The number of allylic oxidation sites excluding steroid dienone is 4. The fourth-order valence-corrected chi connectivity index (χ4v) is 15.6. The average Bonchev–Trinajstić information content (AvgIpc) is 3.35. The molecule has 2 fully saturated rings. The summed E-state index contributed by atoms with van der Waals surface area (Å²) in [6.45, 7) is 20.0. The van der Waals surface area contributed by atoms with Crippen molar-refractivity contribution in [1.29, 1.82) is 0 Å². The van der Waals surface area contributed by atoms with Gasteiger partial charge in [-0.25, -0.2) is 0 Å². The largest absolute Gasteiger partial charge is 0.673 e. The molecule has 0 unspecified atom stereocenters. The second-order valence-electron chi connectivity index (χ2n) is 12.5. The normalized spacial score (nSPS) is 27.5. The van der Waals surface area contributed by atoms with Crippen LogP contribution in [0.3, 0.4) is 0 Å². The van der Waals surface area contributed by atoms with Crippen LogP contribution in [0, 0.1) is 23.7 Å². The summed E-state index contributed by atoms with van der Waals surface area (Å²) < 4.78 is 39.0. The molecule has 38 heavy (non-hydrogen) atoms. The van der Waals surface area contributed by atoms with E-state index >= 15 is 0 Å². The minimum absolute atomic E-state index is 0. The van der Waals surface area contributed by atoms with E-state index < -0.39 is 7.25 Å². The van der Waals surface area contributed by atoms with Crippen LogP contribution in [0.4, 0.5) is 17.3 Å². The van der Waals surface area contributed by atoms with Crippen LogP contribution >= 0.6 is 15.8 Å². The molecule has 4 atom stereocenters. The van der Waals surface area contributed by atoms with E-state index in [0.717, 1.165) is 46.3 Å². The second kappa shape index (κ2) is 19.8. The van der Waals surface area contributed by atoms with Crippen LogP contribution in [-0.4, -0.2) is 42.2 Å². The van der Waals surface area contributed by atoms with Gasteiger partial charge in [-0.05, 0) is 110 Å². The van der Waals surface area contributed by atoms with E-state index in [0.29, 0.717) is 0 Å². The molecule has 0 aromatic carbocycles. The molecule has 8 heteroatoms. The molecule has 0 amide bonds. The summed E-state index contributed by atoms with van der Waals surface area (Å²) in [5, 5.41) is 0. The number of hydrogen-bond acceptors (Lipinski definition) is 0. The van der Waals surface area contributed by atoms with Crippen LogP contribution in [0.15, 0.2) is 24.3 Å². The quantitative estimate of drug-likeness (QED) is 0.110. The summed E-state index contributed by atoms with van der Waals surface area (Å²) in [7, 11) is -5.45. The predicted octanol–water partition coefficient (Wildman–Crippen LogP) is 11.6. The van der Waals surface area contributed by atoms with Gasteiger partial charge in [-0.15, -0.1) is 0 Å². The van der Waals surface area contributed by atoms with Crippen molar-refractivity contribution in [3.63, 3.8) is 0 Å². The standard InChI is InChI=1S/C22H44P2.C8H12.BF4.Rh/c1-15(2)19-9-10-20(16(3)4)23(19)13-14-24-21(17(5)6)11-12-22(24)18(7)8;1-2-4-6-8-7-5-3-1;2-1(3,4)5;/h15-22H,9-14H2,1-8H3;1-2,7-8H,3-6H2;;/q;;-1;/b;2-1-,8-7?;;/t19-,20-,21-,22-;;;/m1.../s1. The van der Waals surface area contributed by atoms with Crippen molar-refractivity contribution in [2.75, 3.05) is 12.3 Å². The van der Waals surface area contributed by atoms with Crippen molar-refractivity contribution >= 4 is 23.1 Å². The molecule has 1 radical (unpaired) electrons. The van der Waals surface area contributed by atoms with Gasteiger partial charge >= 0.3 is 7.25 Å². The van der Waals surface area contributed by atoms with E-state index in [4.69, 9.17) is 0 Å². The minimum Gasteiger partial charge on any atom is -0.418 e. The third kappa shape index (κ3) is 15.1. The molecule has 0 aromatic heterocycles. The molecule has 1 aliphatic carbocycles. The summed E-state index contributed by atoms with van der Waals surface area (Å²) in [6, 6.07) is 0. The Morgan fingerprint density at radius 3 is 0.868 bits per heavy atom. The molecule has 0 aromatic rings. The SMILES string of the molecule is C1=CCC/C=C\CC1.CC(C)[C@H]1CC[C@H](C(C)C)P1CCP1[C@@H](C(C)C)CC[C@@H]1C(C)C.F[B-](F)(F)F.[Rh]. The first-order valence-electron chi connectivity index (χ1n) is 14.9. The van der Waals surface area contributed by atoms with Crippen LogP contribution in [0.2, 0.25) is 0 Å². The summed E-state index contributed by atoms with van der Waals surface area (Å²) >= 11 is 0. The van der Waals surface area contributed by atoms with Crippen molar-refractivity contribution in [2.45, 2.75) is 129 Å². The van der Waals surface area contributed by atoms with E-state index in [1.54, 1.807) is 12.3 Å². The van der Waals surface area contributed by atoms with E-state index in [9.17, 15) is 17.3 Å². The Morgan fingerprint density at radius 1 is 0.526 bits per heavy atom. The zero-order valence-corrected chi connectivity index (χ0v) is 28.7. The summed E-state index contributed by atoms with van der Waals surface area (Å²) in [4.78, 5) is 0.